The van der Waals surface area contributed by atoms with E-state index >= 15 is 0 Å². The molecule has 3 N–H and O–H groups in total. The Morgan fingerprint density at radius 3 is 2.18 bits per heavy atom. The van der Waals surface area contributed by atoms with Crippen LogP contribution in [0.2, 0.25) is 0 Å². The van der Waals surface area contributed by atoms with Gasteiger partial charge in [-0.3, -0.25) is 10.1 Å². The molecular weight excluding hydrogens is 214 g/mol. The van der Waals surface area contributed by atoms with Crippen molar-refractivity contribution in [1.82, 2.24) is 5.32 Å². The average Bonchev–Trinajstić information content (AvgIpc) is 2.28. The molecule has 2 atom stereocenters. The third-order valence-electron chi connectivity index (χ3n) is 2.84. The van der Waals surface area contributed by atoms with Crippen LogP contribution >= 0.6 is 0 Å². The molecule has 94 valence electrons. The van der Waals surface area contributed by atoms with Gasteiger partial charge >= 0.3 is 0 Å². The van der Waals surface area contributed by atoms with E-state index in [1.165, 1.54) is 0 Å². The van der Waals surface area contributed by atoms with Crippen molar-refractivity contribution in [3.05, 3.63) is 29.8 Å². The van der Waals surface area contributed by atoms with Crippen molar-refractivity contribution in [2.75, 3.05) is 19.0 Å². The number of anilines is 1. The minimum Gasteiger partial charge on any atom is -0.378 e. The number of nitrogens with zero attached hydrogens (tertiary/aromatic N) is 1. The van der Waals surface area contributed by atoms with E-state index in [0.29, 0.717) is 0 Å². The molecule has 1 aromatic rings. The van der Waals surface area contributed by atoms with Gasteiger partial charge in [0.25, 0.3) is 0 Å². The van der Waals surface area contributed by atoms with Crippen LogP contribution in [-0.2, 0) is 4.79 Å². The number of primary amides is 1. The third-order valence-corrected chi connectivity index (χ3v) is 2.84. The van der Waals surface area contributed by atoms with Crippen LogP contribution in [0.15, 0.2) is 24.3 Å². The van der Waals surface area contributed by atoms with Crippen molar-refractivity contribution in [2.24, 2.45) is 5.73 Å². The summed E-state index contributed by atoms with van der Waals surface area (Å²) in [5.41, 5.74) is 7.52. The molecule has 17 heavy (non-hydrogen) atoms. The Morgan fingerprint density at radius 1 is 1.24 bits per heavy atom. The maximum absolute atomic E-state index is 11.0. The van der Waals surface area contributed by atoms with E-state index in [1.807, 2.05) is 25.9 Å². The zero-order valence-electron chi connectivity index (χ0n) is 10.9. The summed E-state index contributed by atoms with van der Waals surface area (Å²) in [7, 11) is 4.01. The zero-order valence-corrected chi connectivity index (χ0v) is 10.9. The van der Waals surface area contributed by atoms with E-state index in [1.54, 1.807) is 6.92 Å². The minimum atomic E-state index is -0.332. The molecule has 4 heteroatoms. The third kappa shape index (κ3) is 3.75. The summed E-state index contributed by atoms with van der Waals surface area (Å²) in [4.78, 5) is 13.0. The van der Waals surface area contributed by atoms with E-state index in [0.717, 1.165) is 11.3 Å². The van der Waals surface area contributed by atoms with Gasteiger partial charge in [0.2, 0.25) is 5.91 Å². The van der Waals surface area contributed by atoms with Crippen molar-refractivity contribution < 1.29 is 4.79 Å². The second-order valence-corrected chi connectivity index (χ2v) is 4.50. The van der Waals surface area contributed by atoms with Crippen LogP contribution in [-0.4, -0.2) is 26.0 Å². The van der Waals surface area contributed by atoms with Crippen LogP contribution in [0.4, 0.5) is 5.69 Å². The lowest BCUT2D eigenvalue weighted by Gasteiger charge is -2.19. The van der Waals surface area contributed by atoms with Crippen LogP contribution in [0.3, 0.4) is 0 Å². The fourth-order valence-corrected chi connectivity index (χ4v) is 1.61. The summed E-state index contributed by atoms with van der Waals surface area (Å²) in [6.45, 7) is 3.79. The molecule has 0 radical (unpaired) electrons. The Labute approximate surface area is 103 Å². The van der Waals surface area contributed by atoms with Crippen molar-refractivity contribution in [2.45, 2.75) is 25.9 Å². The minimum absolute atomic E-state index is 0.105. The smallest absolute Gasteiger partial charge is 0.234 e. The van der Waals surface area contributed by atoms with Crippen molar-refractivity contribution >= 4 is 11.6 Å². The monoisotopic (exact) mass is 235 g/mol. The molecule has 0 fully saturated rings. The SMILES string of the molecule is CC(NC(C)c1ccc(N(C)C)cc1)C(N)=O. The molecule has 1 amide bonds. The highest BCUT2D eigenvalue weighted by molar-refractivity contribution is 5.79. The van der Waals surface area contributed by atoms with Crippen LogP contribution < -0.4 is 16.0 Å². The normalized spacial score (nSPS) is 14.1. The number of amides is 1. The van der Waals surface area contributed by atoms with Gasteiger partial charge in [-0.1, -0.05) is 12.1 Å². The Morgan fingerprint density at radius 2 is 1.76 bits per heavy atom. The standard InChI is InChI=1S/C13H21N3O/c1-9(15-10(2)13(14)17)11-5-7-12(8-6-11)16(3)4/h5-10,15H,1-4H3,(H2,14,17). The molecule has 0 spiro atoms. The summed E-state index contributed by atoms with van der Waals surface area (Å²) in [6, 6.07) is 8.01. The highest BCUT2D eigenvalue weighted by Crippen LogP contribution is 2.17. The van der Waals surface area contributed by atoms with Gasteiger partial charge in [0.05, 0.1) is 6.04 Å². The topological polar surface area (TPSA) is 58.4 Å². The molecular formula is C13H21N3O. The molecule has 1 aromatic carbocycles. The molecule has 1 rings (SSSR count). The first-order chi connectivity index (χ1) is 7.91. The zero-order chi connectivity index (χ0) is 13.0. The molecule has 0 bridgehead atoms. The molecule has 2 unspecified atom stereocenters. The second-order valence-electron chi connectivity index (χ2n) is 4.50. The molecule has 0 heterocycles. The van der Waals surface area contributed by atoms with Crippen LogP contribution in [0.25, 0.3) is 0 Å². The number of rotatable bonds is 5. The molecule has 4 nitrogen and oxygen atoms in total. The summed E-state index contributed by atoms with van der Waals surface area (Å²) in [5, 5.41) is 3.16. The maximum Gasteiger partial charge on any atom is 0.234 e. The van der Waals surface area contributed by atoms with Crippen LogP contribution in [0, 0.1) is 0 Å². The van der Waals surface area contributed by atoms with Crippen molar-refractivity contribution in [3.63, 3.8) is 0 Å². The first-order valence-electron chi connectivity index (χ1n) is 5.74. The molecule has 0 aliphatic heterocycles. The van der Waals surface area contributed by atoms with Crippen molar-refractivity contribution in [1.29, 1.82) is 0 Å². The molecule has 0 aliphatic rings. The van der Waals surface area contributed by atoms with Gasteiger partial charge in [-0.05, 0) is 31.5 Å². The molecule has 0 aromatic heterocycles. The predicted molar refractivity (Wildman–Crippen MR) is 71.0 cm³/mol. The van der Waals surface area contributed by atoms with Crippen LogP contribution in [0.5, 0.6) is 0 Å². The quantitative estimate of drug-likeness (QED) is 0.808. The number of carbonyl (C=O) groups is 1. The lowest BCUT2D eigenvalue weighted by molar-refractivity contribution is -0.119. The molecule has 0 saturated carbocycles. The first-order valence-corrected chi connectivity index (χ1v) is 5.74. The Bertz CT molecular complexity index is 373. The summed E-state index contributed by atoms with van der Waals surface area (Å²) >= 11 is 0. The Balaban J connectivity index is 2.69. The summed E-state index contributed by atoms with van der Waals surface area (Å²) in [5.74, 6) is -0.332. The average molecular weight is 235 g/mol. The highest BCUT2D eigenvalue weighted by atomic mass is 16.1. The van der Waals surface area contributed by atoms with Gasteiger partial charge in [-0.25, -0.2) is 0 Å². The highest BCUT2D eigenvalue weighted by Gasteiger charge is 2.13. The number of hydrogen-bond donors (Lipinski definition) is 2. The second kappa shape index (κ2) is 5.68. The van der Waals surface area contributed by atoms with E-state index in [2.05, 4.69) is 29.6 Å². The van der Waals surface area contributed by atoms with Gasteiger partial charge in [0, 0.05) is 25.8 Å². The first kappa shape index (κ1) is 13.5. The summed E-state index contributed by atoms with van der Waals surface area (Å²) < 4.78 is 0. The Kier molecular flexibility index (Phi) is 4.52. The van der Waals surface area contributed by atoms with E-state index in [-0.39, 0.29) is 18.0 Å². The lowest BCUT2D eigenvalue weighted by Crippen LogP contribution is -2.39. The van der Waals surface area contributed by atoms with Gasteiger partial charge in [0.15, 0.2) is 0 Å². The van der Waals surface area contributed by atoms with E-state index < -0.39 is 0 Å². The molecule has 0 saturated heterocycles. The van der Waals surface area contributed by atoms with Gasteiger partial charge < -0.3 is 10.6 Å². The summed E-state index contributed by atoms with van der Waals surface area (Å²) in [6.07, 6.45) is 0. The fraction of sp³-hybridized carbons (Fsp3) is 0.462. The number of carbonyl (C=O) groups excluding carboxylic acids is 1. The fourth-order valence-electron chi connectivity index (χ4n) is 1.61. The van der Waals surface area contributed by atoms with Crippen molar-refractivity contribution in [3.8, 4) is 0 Å². The number of nitrogens with one attached hydrogen (secondary N) is 1. The largest absolute Gasteiger partial charge is 0.378 e. The lowest BCUT2D eigenvalue weighted by atomic mass is 10.1. The number of benzene rings is 1. The van der Waals surface area contributed by atoms with E-state index in [4.69, 9.17) is 5.73 Å². The van der Waals surface area contributed by atoms with Gasteiger partial charge in [-0.2, -0.15) is 0 Å². The van der Waals surface area contributed by atoms with Crippen LogP contribution in [0.1, 0.15) is 25.5 Å². The number of nitrogens with two attached hydrogens (primary N) is 1. The number of hydrogen-bond acceptors (Lipinski definition) is 3. The maximum atomic E-state index is 11.0. The predicted octanol–water partition coefficient (Wildman–Crippen LogP) is 1.28. The molecule has 0 aliphatic carbocycles. The van der Waals surface area contributed by atoms with E-state index in [9.17, 15) is 4.79 Å². The van der Waals surface area contributed by atoms with Gasteiger partial charge in [-0.15, -0.1) is 0 Å². The Hall–Kier alpha value is -1.55. The van der Waals surface area contributed by atoms with Gasteiger partial charge in [0.1, 0.15) is 0 Å².